The third-order valence-electron chi connectivity index (χ3n) is 5.27. The van der Waals surface area contributed by atoms with Gasteiger partial charge in [0.05, 0.1) is 5.60 Å². The van der Waals surface area contributed by atoms with Gasteiger partial charge in [0.1, 0.15) is 0 Å². The van der Waals surface area contributed by atoms with Crippen LogP contribution in [0, 0.1) is 5.92 Å². The molecule has 3 N–H and O–H groups in total. The third-order valence-corrected chi connectivity index (χ3v) is 5.27. The molecular weight excluding hydrogens is 304 g/mol. The molecule has 1 aromatic rings. The van der Waals surface area contributed by atoms with E-state index in [0.29, 0.717) is 19.8 Å². The summed E-state index contributed by atoms with van der Waals surface area (Å²) >= 11 is 0. The van der Waals surface area contributed by atoms with Crippen LogP contribution in [0.2, 0.25) is 0 Å². The number of benzene rings is 1. The van der Waals surface area contributed by atoms with Crippen LogP contribution in [-0.4, -0.2) is 43.0 Å². The Hall–Kier alpha value is -1.59. The summed E-state index contributed by atoms with van der Waals surface area (Å²) in [5.41, 5.74) is 0.243. The molecule has 1 saturated heterocycles. The smallest absolute Gasteiger partial charge is 0.314 e. The van der Waals surface area contributed by atoms with Gasteiger partial charge in [-0.25, -0.2) is 4.79 Å². The van der Waals surface area contributed by atoms with Crippen molar-refractivity contribution >= 4 is 6.03 Å². The minimum atomic E-state index is -0.910. The Morgan fingerprint density at radius 2 is 1.88 bits per heavy atom. The molecular formula is C19H30N2O3. The highest BCUT2D eigenvalue weighted by Gasteiger charge is 2.35. The van der Waals surface area contributed by atoms with Crippen molar-refractivity contribution < 1.29 is 14.6 Å². The lowest BCUT2D eigenvalue weighted by Crippen LogP contribution is -2.51. The first kappa shape index (κ1) is 18.7. The van der Waals surface area contributed by atoms with E-state index < -0.39 is 5.60 Å². The summed E-state index contributed by atoms with van der Waals surface area (Å²) in [6, 6.07) is 10.1. The molecule has 1 atom stereocenters. The highest BCUT2D eigenvalue weighted by atomic mass is 16.5. The van der Waals surface area contributed by atoms with Crippen LogP contribution in [0.1, 0.15) is 39.2 Å². The first-order chi connectivity index (χ1) is 11.4. The van der Waals surface area contributed by atoms with E-state index in [-0.39, 0.29) is 23.9 Å². The molecule has 0 aliphatic carbocycles. The molecule has 1 fully saturated rings. The number of nitrogens with one attached hydrogen (secondary N) is 2. The third kappa shape index (κ3) is 4.71. The summed E-state index contributed by atoms with van der Waals surface area (Å²) in [4.78, 5) is 12.2. The van der Waals surface area contributed by atoms with Crippen LogP contribution in [-0.2, 0) is 10.2 Å². The average Bonchev–Trinajstić information content (AvgIpc) is 2.60. The van der Waals surface area contributed by atoms with Crippen molar-refractivity contribution in [3.05, 3.63) is 35.9 Å². The van der Waals surface area contributed by atoms with Crippen molar-refractivity contribution in [3.63, 3.8) is 0 Å². The summed E-state index contributed by atoms with van der Waals surface area (Å²) in [5, 5.41) is 16.0. The predicted molar refractivity (Wildman–Crippen MR) is 95.0 cm³/mol. The Morgan fingerprint density at radius 3 is 2.46 bits per heavy atom. The van der Waals surface area contributed by atoms with Gasteiger partial charge in [-0.1, -0.05) is 44.2 Å². The summed E-state index contributed by atoms with van der Waals surface area (Å²) in [6.45, 7) is 7.83. The van der Waals surface area contributed by atoms with Gasteiger partial charge in [-0.2, -0.15) is 0 Å². The van der Waals surface area contributed by atoms with E-state index in [0.717, 1.165) is 12.8 Å². The Balaban J connectivity index is 1.95. The molecule has 1 aliphatic heterocycles. The topological polar surface area (TPSA) is 70.6 Å². The van der Waals surface area contributed by atoms with Gasteiger partial charge in [0, 0.05) is 31.7 Å². The van der Waals surface area contributed by atoms with Crippen LogP contribution in [0.3, 0.4) is 0 Å². The standard InChI is InChI=1S/C19H30N2O3/c1-15(2)18(3,23)13-20-17(22)21-14-19(9-11-24-12-10-19)16-7-5-4-6-8-16/h4-8,15,23H,9-14H2,1-3H3,(H2,20,21,22). The van der Waals surface area contributed by atoms with Crippen molar-refractivity contribution in [2.75, 3.05) is 26.3 Å². The SMILES string of the molecule is CC(C)C(C)(O)CNC(=O)NCC1(c2ccccc2)CCOCC1. The fourth-order valence-corrected chi connectivity index (χ4v) is 2.90. The molecule has 1 aliphatic rings. The van der Waals surface area contributed by atoms with Gasteiger partial charge in [0.25, 0.3) is 0 Å². The molecule has 1 heterocycles. The molecule has 0 spiro atoms. The first-order valence-electron chi connectivity index (χ1n) is 8.73. The summed E-state index contributed by atoms with van der Waals surface area (Å²) in [6.07, 6.45) is 1.78. The minimum Gasteiger partial charge on any atom is -0.388 e. The van der Waals surface area contributed by atoms with Gasteiger partial charge in [-0.3, -0.25) is 0 Å². The maximum absolute atomic E-state index is 12.2. The number of rotatable bonds is 6. The Kier molecular flexibility index (Phi) is 6.24. The molecule has 0 aromatic heterocycles. The molecule has 0 bridgehead atoms. The number of hydrogen-bond donors (Lipinski definition) is 3. The van der Waals surface area contributed by atoms with Crippen LogP contribution >= 0.6 is 0 Å². The molecule has 0 saturated carbocycles. The van der Waals surface area contributed by atoms with Gasteiger partial charge in [0.15, 0.2) is 0 Å². The number of carbonyl (C=O) groups is 1. The van der Waals surface area contributed by atoms with E-state index in [9.17, 15) is 9.90 Å². The van der Waals surface area contributed by atoms with Crippen LogP contribution < -0.4 is 10.6 Å². The summed E-state index contributed by atoms with van der Waals surface area (Å²) < 4.78 is 5.51. The van der Waals surface area contributed by atoms with Gasteiger partial charge in [-0.05, 0) is 31.2 Å². The van der Waals surface area contributed by atoms with Crippen molar-refractivity contribution in [2.24, 2.45) is 5.92 Å². The highest BCUT2D eigenvalue weighted by molar-refractivity contribution is 5.74. The molecule has 2 rings (SSSR count). The van der Waals surface area contributed by atoms with E-state index >= 15 is 0 Å². The largest absolute Gasteiger partial charge is 0.388 e. The zero-order valence-corrected chi connectivity index (χ0v) is 15.0. The lowest BCUT2D eigenvalue weighted by Gasteiger charge is -2.38. The van der Waals surface area contributed by atoms with Crippen molar-refractivity contribution in [3.8, 4) is 0 Å². The van der Waals surface area contributed by atoms with E-state index in [1.165, 1.54) is 5.56 Å². The number of amides is 2. The second-order valence-corrected chi connectivity index (χ2v) is 7.31. The van der Waals surface area contributed by atoms with Gasteiger partial charge >= 0.3 is 6.03 Å². The Morgan fingerprint density at radius 1 is 1.25 bits per heavy atom. The van der Waals surface area contributed by atoms with Crippen molar-refractivity contribution in [1.29, 1.82) is 0 Å². The monoisotopic (exact) mass is 334 g/mol. The van der Waals surface area contributed by atoms with E-state index in [4.69, 9.17) is 4.74 Å². The average molecular weight is 334 g/mol. The molecule has 134 valence electrons. The van der Waals surface area contributed by atoms with Crippen LogP contribution in [0.5, 0.6) is 0 Å². The highest BCUT2D eigenvalue weighted by Crippen LogP contribution is 2.34. The van der Waals surface area contributed by atoms with Crippen LogP contribution in [0.15, 0.2) is 30.3 Å². The molecule has 5 heteroatoms. The van der Waals surface area contributed by atoms with Gasteiger partial charge < -0.3 is 20.5 Å². The predicted octanol–water partition coefficient (Wildman–Crippen LogP) is 2.44. The molecule has 1 unspecified atom stereocenters. The minimum absolute atomic E-state index is 0.0731. The van der Waals surface area contributed by atoms with Crippen LogP contribution in [0.25, 0.3) is 0 Å². The van der Waals surface area contributed by atoms with E-state index in [1.54, 1.807) is 6.92 Å². The lowest BCUT2D eigenvalue weighted by atomic mass is 9.74. The molecule has 2 amide bonds. The number of carbonyl (C=O) groups excluding carboxylic acids is 1. The summed E-state index contributed by atoms with van der Waals surface area (Å²) in [7, 11) is 0. The zero-order valence-electron chi connectivity index (χ0n) is 15.0. The quantitative estimate of drug-likeness (QED) is 0.748. The normalized spacial score (nSPS) is 19.5. The number of hydrogen-bond acceptors (Lipinski definition) is 3. The second-order valence-electron chi connectivity index (χ2n) is 7.31. The van der Waals surface area contributed by atoms with Crippen molar-refractivity contribution in [2.45, 2.75) is 44.6 Å². The van der Waals surface area contributed by atoms with Crippen molar-refractivity contribution in [1.82, 2.24) is 10.6 Å². The fourth-order valence-electron chi connectivity index (χ4n) is 2.90. The maximum atomic E-state index is 12.2. The van der Waals surface area contributed by atoms with E-state index in [2.05, 4.69) is 22.8 Å². The maximum Gasteiger partial charge on any atom is 0.314 e. The molecule has 24 heavy (non-hydrogen) atoms. The summed E-state index contributed by atoms with van der Waals surface area (Å²) in [5.74, 6) is 0.0731. The molecule has 5 nitrogen and oxygen atoms in total. The van der Waals surface area contributed by atoms with E-state index in [1.807, 2.05) is 32.0 Å². The first-order valence-corrected chi connectivity index (χ1v) is 8.73. The number of ether oxygens (including phenoxy) is 1. The zero-order chi connectivity index (χ0) is 17.6. The number of aliphatic hydroxyl groups is 1. The Labute approximate surface area is 144 Å². The Bertz CT molecular complexity index is 523. The lowest BCUT2D eigenvalue weighted by molar-refractivity contribution is 0.0164. The van der Waals surface area contributed by atoms with Gasteiger partial charge in [0.2, 0.25) is 0 Å². The van der Waals surface area contributed by atoms with Crippen LogP contribution in [0.4, 0.5) is 4.79 Å². The molecule has 0 radical (unpaired) electrons. The fraction of sp³-hybridized carbons (Fsp3) is 0.632. The van der Waals surface area contributed by atoms with Gasteiger partial charge in [-0.15, -0.1) is 0 Å². The second kappa shape index (κ2) is 7.99. The molecule has 1 aromatic carbocycles. The number of urea groups is 1.